The van der Waals surface area contributed by atoms with Crippen molar-refractivity contribution in [1.29, 1.82) is 0 Å². The fraction of sp³-hybridized carbons (Fsp3) is 0.333. The number of rotatable bonds is 4. The highest BCUT2D eigenvalue weighted by Gasteiger charge is 2.17. The fourth-order valence-electron chi connectivity index (χ4n) is 2.27. The average molecular weight is 259 g/mol. The lowest BCUT2D eigenvalue weighted by molar-refractivity contribution is 0.554. The second-order valence-corrected chi connectivity index (χ2v) is 4.57. The van der Waals surface area contributed by atoms with Crippen molar-refractivity contribution in [2.75, 3.05) is 6.54 Å². The minimum absolute atomic E-state index is 0.173. The molecule has 2 aromatic rings. The number of hydrogen-bond acceptors (Lipinski definition) is 3. The molecule has 4 heteroatoms. The van der Waals surface area contributed by atoms with Crippen LogP contribution in [0.4, 0.5) is 4.39 Å². The predicted octanol–water partition coefficient (Wildman–Crippen LogP) is 2.93. The Morgan fingerprint density at radius 1 is 1.26 bits per heavy atom. The van der Waals surface area contributed by atoms with Gasteiger partial charge in [0.15, 0.2) is 0 Å². The number of nitrogens with one attached hydrogen (secondary N) is 1. The van der Waals surface area contributed by atoms with Gasteiger partial charge < -0.3 is 5.32 Å². The third-order valence-corrected chi connectivity index (χ3v) is 2.96. The summed E-state index contributed by atoms with van der Waals surface area (Å²) in [5.41, 5.74) is 3.51. The van der Waals surface area contributed by atoms with Gasteiger partial charge in [0.2, 0.25) is 0 Å². The van der Waals surface area contributed by atoms with E-state index in [9.17, 15) is 4.39 Å². The molecular weight excluding hydrogens is 241 g/mol. The van der Waals surface area contributed by atoms with Crippen LogP contribution in [-0.2, 0) is 0 Å². The number of nitrogens with zero attached hydrogens (tertiary/aromatic N) is 2. The highest BCUT2D eigenvalue weighted by atomic mass is 19.1. The van der Waals surface area contributed by atoms with Gasteiger partial charge in [0.1, 0.15) is 5.82 Å². The van der Waals surface area contributed by atoms with Gasteiger partial charge in [0, 0.05) is 23.1 Å². The summed E-state index contributed by atoms with van der Waals surface area (Å²) in [4.78, 5) is 8.16. The summed E-state index contributed by atoms with van der Waals surface area (Å²) in [5, 5.41) is 3.31. The van der Waals surface area contributed by atoms with Crippen molar-refractivity contribution in [2.45, 2.75) is 26.8 Å². The normalized spacial score (nSPS) is 12.4. The van der Waals surface area contributed by atoms with Gasteiger partial charge in [-0.1, -0.05) is 6.92 Å². The van der Waals surface area contributed by atoms with E-state index in [-0.39, 0.29) is 11.9 Å². The number of halogens is 1. The summed E-state index contributed by atoms with van der Waals surface area (Å²) in [6.45, 7) is 6.66. The van der Waals surface area contributed by atoms with Gasteiger partial charge in [0.25, 0.3) is 0 Å². The molecule has 0 amide bonds. The van der Waals surface area contributed by atoms with Crippen LogP contribution in [0.1, 0.15) is 35.5 Å². The maximum Gasteiger partial charge on any atom is 0.146 e. The van der Waals surface area contributed by atoms with Crippen molar-refractivity contribution in [1.82, 2.24) is 15.3 Å². The van der Waals surface area contributed by atoms with Crippen LogP contribution in [0.5, 0.6) is 0 Å². The molecule has 2 rings (SSSR count). The van der Waals surface area contributed by atoms with Crippen molar-refractivity contribution < 1.29 is 4.39 Å². The van der Waals surface area contributed by atoms with E-state index in [4.69, 9.17) is 0 Å². The van der Waals surface area contributed by atoms with Gasteiger partial charge in [-0.2, -0.15) is 0 Å². The molecule has 0 aliphatic rings. The molecule has 0 radical (unpaired) electrons. The summed E-state index contributed by atoms with van der Waals surface area (Å²) in [6, 6.07) is 5.52. The monoisotopic (exact) mass is 259 g/mol. The minimum atomic E-state index is -0.291. The molecule has 100 valence electrons. The van der Waals surface area contributed by atoms with Crippen molar-refractivity contribution >= 4 is 0 Å². The smallest absolute Gasteiger partial charge is 0.146 e. The first-order chi connectivity index (χ1) is 9.11. The molecule has 0 saturated heterocycles. The Morgan fingerprint density at radius 3 is 2.53 bits per heavy atom. The van der Waals surface area contributed by atoms with E-state index in [1.54, 1.807) is 12.3 Å². The first-order valence-electron chi connectivity index (χ1n) is 6.39. The Bertz CT molecular complexity index is 549. The van der Waals surface area contributed by atoms with Crippen LogP contribution in [0.15, 0.2) is 30.6 Å². The van der Waals surface area contributed by atoms with Crippen molar-refractivity contribution in [2.24, 2.45) is 0 Å². The number of aromatic nitrogens is 2. The summed E-state index contributed by atoms with van der Waals surface area (Å²) < 4.78 is 13.9. The third kappa shape index (κ3) is 3.15. The zero-order chi connectivity index (χ0) is 13.8. The molecule has 0 fully saturated rings. The van der Waals surface area contributed by atoms with E-state index < -0.39 is 0 Å². The second-order valence-electron chi connectivity index (χ2n) is 4.57. The van der Waals surface area contributed by atoms with Gasteiger partial charge in [-0.3, -0.25) is 9.97 Å². The number of pyridine rings is 2. The highest BCUT2D eigenvalue weighted by molar-refractivity contribution is 5.33. The summed E-state index contributed by atoms with van der Waals surface area (Å²) in [7, 11) is 0. The third-order valence-electron chi connectivity index (χ3n) is 2.96. The molecule has 0 aliphatic heterocycles. The maximum atomic E-state index is 13.9. The van der Waals surface area contributed by atoms with Gasteiger partial charge in [-0.25, -0.2) is 4.39 Å². The van der Waals surface area contributed by atoms with Crippen LogP contribution in [0, 0.1) is 19.7 Å². The molecule has 2 heterocycles. The molecule has 0 aromatic carbocycles. The summed E-state index contributed by atoms with van der Waals surface area (Å²) >= 11 is 0. The molecule has 0 bridgehead atoms. The van der Waals surface area contributed by atoms with E-state index in [0.29, 0.717) is 5.56 Å². The minimum Gasteiger partial charge on any atom is -0.306 e. The Kier molecular flexibility index (Phi) is 4.22. The highest BCUT2D eigenvalue weighted by Crippen LogP contribution is 2.24. The molecule has 0 saturated carbocycles. The SMILES string of the molecule is CCNC(c1cc(C)nc(C)c1)c1ccncc1F. The van der Waals surface area contributed by atoms with E-state index in [2.05, 4.69) is 15.3 Å². The van der Waals surface area contributed by atoms with Crippen LogP contribution in [-0.4, -0.2) is 16.5 Å². The first kappa shape index (κ1) is 13.6. The van der Waals surface area contributed by atoms with Crippen molar-refractivity contribution in [3.05, 3.63) is 58.9 Å². The van der Waals surface area contributed by atoms with E-state index in [0.717, 1.165) is 23.5 Å². The van der Waals surface area contributed by atoms with Crippen molar-refractivity contribution in [3.63, 3.8) is 0 Å². The molecule has 19 heavy (non-hydrogen) atoms. The van der Waals surface area contributed by atoms with E-state index >= 15 is 0 Å². The molecule has 1 unspecified atom stereocenters. The fourth-order valence-corrected chi connectivity index (χ4v) is 2.27. The van der Waals surface area contributed by atoms with Crippen LogP contribution < -0.4 is 5.32 Å². The zero-order valence-electron chi connectivity index (χ0n) is 11.4. The standard InChI is InChI=1S/C15H18FN3/c1-4-18-15(13-5-6-17-9-14(13)16)12-7-10(2)19-11(3)8-12/h5-9,15,18H,4H2,1-3H3. The summed E-state index contributed by atoms with van der Waals surface area (Å²) in [5.74, 6) is -0.291. The lowest BCUT2D eigenvalue weighted by atomic mass is 9.98. The first-order valence-corrected chi connectivity index (χ1v) is 6.39. The molecule has 0 spiro atoms. The quantitative estimate of drug-likeness (QED) is 0.917. The molecule has 3 nitrogen and oxygen atoms in total. The van der Waals surface area contributed by atoms with Gasteiger partial charge in [-0.05, 0) is 44.2 Å². The number of aryl methyl sites for hydroxylation is 2. The second kappa shape index (κ2) is 5.89. The molecule has 2 aromatic heterocycles. The van der Waals surface area contributed by atoms with Crippen molar-refractivity contribution in [3.8, 4) is 0 Å². The Morgan fingerprint density at radius 2 is 1.95 bits per heavy atom. The molecule has 0 aliphatic carbocycles. The van der Waals surface area contributed by atoms with E-state index in [1.165, 1.54) is 6.20 Å². The average Bonchev–Trinajstić information content (AvgIpc) is 2.36. The lowest BCUT2D eigenvalue weighted by Crippen LogP contribution is -2.23. The van der Waals surface area contributed by atoms with Gasteiger partial charge in [-0.15, -0.1) is 0 Å². The topological polar surface area (TPSA) is 37.8 Å². The summed E-state index contributed by atoms with van der Waals surface area (Å²) in [6.07, 6.45) is 2.87. The largest absolute Gasteiger partial charge is 0.306 e. The van der Waals surface area contributed by atoms with Crippen LogP contribution in [0.25, 0.3) is 0 Å². The molecule has 1 atom stereocenters. The molecule has 1 N–H and O–H groups in total. The Labute approximate surface area is 112 Å². The van der Waals surface area contributed by atoms with E-state index in [1.807, 2.05) is 32.9 Å². The van der Waals surface area contributed by atoms with Gasteiger partial charge >= 0.3 is 0 Å². The Hall–Kier alpha value is -1.81. The zero-order valence-corrected chi connectivity index (χ0v) is 11.4. The van der Waals surface area contributed by atoms with Crippen LogP contribution in [0.3, 0.4) is 0 Å². The van der Waals surface area contributed by atoms with Crippen LogP contribution in [0.2, 0.25) is 0 Å². The van der Waals surface area contributed by atoms with Crippen LogP contribution >= 0.6 is 0 Å². The predicted molar refractivity (Wildman–Crippen MR) is 73.4 cm³/mol. The number of hydrogen-bond donors (Lipinski definition) is 1. The Balaban J connectivity index is 2.48. The van der Waals surface area contributed by atoms with Gasteiger partial charge in [0.05, 0.1) is 12.2 Å². The maximum absolute atomic E-state index is 13.9. The molecular formula is C15H18FN3. The lowest BCUT2D eigenvalue weighted by Gasteiger charge is -2.20.